The summed E-state index contributed by atoms with van der Waals surface area (Å²) in [6.07, 6.45) is 4.66. The zero-order chi connectivity index (χ0) is 12.8. The van der Waals surface area contributed by atoms with E-state index in [2.05, 4.69) is 5.32 Å². The molecule has 1 aromatic carbocycles. The van der Waals surface area contributed by atoms with Crippen molar-refractivity contribution < 1.29 is 9.13 Å². The first-order chi connectivity index (χ1) is 8.78. The molecule has 0 aliphatic heterocycles. The van der Waals surface area contributed by atoms with Gasteiger partial charge in [0.1, 0.15) is 5.82 Å². The van der Waals surface area contributed by atoms with Crippen molar-refractivity contribution in [3.8, 4) is 0 Å². The fourth-order valence-corrected chi connectivity index (χ4v) is 2.14. The number of hydrogen-bond donors (Lipinski definition) is 1. The van der Waals surface area contributed by atoms with E-state index in [1.54, 1.807) is 7.11 Å². The molecule has 0 radical (unpaired) electrons. The van der Waals surface area contributed by atoms with Gasteiger partial charge < -0.3 is 10.1 Å². The highest BCUT2D eigenvalue weighted by Crippen LogP contribution is 2.20. The lowest BCUT2D eigenvalue weighted by molar-refractivity contribution is 0.176. The number of methoxy groups -OCH3 is 1. The Labute approximate surface area is 109 Å². The summed E-state index contributed by atoms with van der Waals surface area (Å²) in [5.41, 5.74) is 1.20. The first kappa shape index (κ1) is 13.5. The summed E-state index contributed by atoms with van der Waals surface area (Å²) in [4.78, 5) is 0. The van der Waals surface area contributed by atoms with E-state index >= 15 is 0 Å². The predicted molar refractivity (Wildman–Crippen MR) is 71.1 cm³/mol. The molecule has 3 heteroatoms. The van der Waals surface area contributed by atoms with Crippen LogP contribution in [-0.4, -0.2) is 26.3 Å². The average molecular weight is 251 g/mol. The van der Waals surface area contributed by atoms with Gasteiger partial charge in [-0.05, 0) is 55.8 Å². The van der Waals surface area contributed by atoms with E-state index < -0.39 is 0 Å². The highest BCUT2D eigenvalue weighted by molar-refractivity contribution is 5.16. The topological polar surface area (TPSA) is 21.3 Å². The van der Waals surface area contributed by atoms with Crippen LogP contribution in [0.4, 0.5) is 4.39 Å². The molecular weight excluding hydrogens is 229 g/mol. The maximum absolute atomic E-state index is 12.9. The van der Waals surface area contributed by atoms with Crippen molar-refractivity contribution in [2.45, 2.75) is 31.7 Å². The van der Waals surface area contributed by atoms with Gasteiger partial charge in [0.05, 0.1) is 0 Å². The van der Waals surface area contributed by atoms with Crippen molar-refractivity contribution in [3.63, 3.8) is 0 Å². The molecule has 0 saturated heterocycles. The largest absolute Gasteiger partial charge is 0.385 e. The molecule has 0 aromatic heterocycles. The van der Waals surface area contributed by atoms with E-state index in [0.717, 1.165) is 32.0 Å². The van der Waals surface area contributed by atoms with Gasteiger partial charge in [0.15, 0.2) is 0 Å². The summed E-state index contributed by atoms with van der Waals surface area (Å²) in [6.45, 7) is 1.82. The third kappa shape index (κ3) is 4.75. The van der Waals surface area contributed by atoms with Crippen LogP contribution in [0.15, 0.2) is 24.3 Å². The van der Waals surface area contributed by atoms with Crippen LogP contribution in [0.2, 0.25) is 0 Å². The lowest BCUT2D eigenvalue weighted by atomic mass is 9.96. The van der Waals surface area contributed by atoms with E-state index in [1.165, 1.54) is 30.5 Å². The van der Waals surface area contributed by atoms with Crippen molar-refractivity contribution >= 4 is 0 Å². The van der Waals surface area contributed by atoms with Crippen LogP contribution in [0.25, 0.3) is 0 Å². The first-order valence-electron chi connectivity index (χ1n) is 6.74. The van der Waals surface area contributed by atoms with Crippen molar-refractivity contribution in [2.75, 3.05) is 20.3 Å². The summed E-state index contributed by atoms with van der Waals surface area (Å²) in [6, 6.07) is 7.58. The summed E-state index contributed by atoms with van der Waals surface area (Å²) >= 11 is 0. The second-order valence-corrected chi connectivity index (χ2v) is 5.16. The Morgan fingerprint density at radius 3 is 2.67 bits per heavy atom. The quantitative estimate of drug-likeness (QED) is 0.767. The molecule has 1 N–H and O–H groups in total. The number of benzene rings is 1. The van der Waals surface area contributed by atoms with Crippen LogP contribution in [0, 0.1) is 11.7 Å². The second-order valence-electron chi connectivity index (χ2n) is 5.16. The molecule has 1 fully saturated rings. The van der Waals surface area contributed by atoms with Gasteiger partial charge in [-0.2, -0.15) is 0 Å². The molecule has 2 nitrogen and oxygen atoms in total. The van der Waals surface area contributed by atoms with Gasteiger partial charge in [-0.3, -0.25) is 0 Å². The van der Waals surface area contributed by atoms with Gasteiger partial charge in [0.2, 0.25) is 0 Å². The van der Waals surface area contributed by atoms with E-state index in [4.69, 9.17) is 4.74 Å². The highest BCUT2D eigenvalue weighted by atomic mass is 19.1. The Kier molecular flexibility index (Phi) is 5.14. The number of hydrogen-bond acceptors (Lipinski definition) is 2. The monoisotopic (exact) mass is 251 g/mol. The third-order valence-corrected chi connectivity index (χ3v) is 3.44. The Bertz CT molecular complexity index is 348. The first-order valence-corrected chi connectivity index (χ1v) is 6.74. The third-order valence-electron chi connectivity index (χ3n) is 3.44. The number of rotatable bonds is 8. The van der Waals surface area contributed by atoms with Crippen molar-refractivity contribution in [1.29, 1.82) is 0 Å². The number of nitrogens with one attached hydrogen (secondary N) is 1. The molecule has 0 amide bonds. The maximum Gasteiger partial charge on any atom is 0.123 e. The SMILES string of the molecule is COCCC(CNC1CC1)Cc1ccc(F)cc1. The predicted octanol–water partition coefficient (Wildman–Crippen LogP) is 2.77. The molecule has 0 heterocycles. The molecule has 0 bridgehead atoms. The van der Waals surface area contributed by atoms with Gasteiger partial charge in [-0.15, -0.1) is 0 Å². The van der Waals surface area contributed by atoms with Gasteiger partial charge in [-0.1, -0.05) is 12.1 Å². The molecule has 0 spiro atoms. The molecule has 1 atom stereocenters. The van der Waals surface area contributed by atoms with Crippen LogP contribution < -0.4 is 5.32 Å². The smallest absolute Gasteiger partial charge is 0.123 e. The molecule has 1 saturated carbocycles. The molecular formula is C15H22FNO. The Hall–Kier alpha value is -0.930. The van der Waals surface area contributed by atoms with Gasteiger partial charge in [0, 0.05) is 19.8 Å². The fourth-order valence-electron chi connectivity index (χ4n) is 2.14. The molecule has 1 aliphatic rings. The van der Waals surface area contributed by atoms with Gasteiger partial charge >= 0.3 is 0 Å². The average Bonchev–Trinajstić information content (AvgIpc) is 3.19. The minimum Gasteiger partial charge on any atom is -0.385 e. The van der Waals surface area contributed by atoms with Crippen LogP contribution in [0.1, 0.15) is 24.8 Å². The van der Waals surface area contributed by atoms with Crippen molar-refractivity contribution in [3.05, 3.63) is 35.6 Å². The van der Waals surface area contributed by atoms with Crippen LogP contribution in [0.3, 0.4) is 0 Å². The summed E-state index contributed by atoms with van der Waals surface area (Å²) in [5, 5.41) is 3.57. The molecule has 1 unspecified atom stereocenters. The van der Waals surface area contributed by atoms with Gasteiger partial charge in [0.25, 0.3) is 0 Å². The summed E-state index contributed by atoms with van der Waals surface area (Å²) in [7, 11) is 1.74. The molecule has 18 heavy (non-hydrogen) atoms. The lowest BCUT2D eigenvalue weighted by Gasteiger charge is -2.17. The maximum atomic E-state index is 12.9. The zero-order valence-corrected chi connectivity index (χ0v) is 11.0. The molecule has 1 aromatic rings. The van der Waals surface area contributed by atoms with E-state index in [0.29, 0.717) is 5.92 Å². The van der Waals surface area contributed by atoms with E-state index in [9.17, 15) is 4.39 Å². The van der Waals surface area contributed by atoms with Crippen LogP contribution >= 0.6 is 0 Å². The second kappa shape index (κ2) is 6.86. The Morgan fingerprint density at radius 2 is 2.06 bits per heavy atom. The van der Waals surface area contributed by atoms with Gasteiger partial charge in [-0.25, -0.2) is 4.39 Å². The minimum atomic E-state index is -0.164. The number of halogens is 1. The molecule has 1 aliphatic carbocycles. The summed E-state index contributed by atoms with van der Waals surface area (Å²) < 4.78 is 18.0. The molecule has 2 rings (SSSR count). The number of ether oxygens (including phenoxy) is 1. The van der Waals surface area contributed by atoms with E-state index in [1.807, 2.05) is 12.1 Å². The van der Waals surface area contributed by atoms with Crippen LogP contribution in [0.5, 0.6) is 0 Å². The van der Waals surface area contributed by atoms with Crippen LogP contribution in [-0.2, 0) is 11.2 Å². The lowest BCUT2D eigenvalue weighted by Crippen LogP contribution is -2.27. The fraction of sp³-hybridized carbons (Fsp3) is 0.600. The Balaban J connectivity index is 1.83. The summed E-state index contributed by atoms with van der Waals surface area (Å²) in [5.74, 6) is 0.402. The normalized spacial score (nSPS) is 16.8. The van der Waals surface area contributed by atoms with Crippen molar-refractivity contribution in [2.24, 2.45) is 5.92 Å². The Morgan fingerprint density at radius 1 is 1.33 bits per heavy atom. The molecule has 100 valence electrons. The minimum absolute atomic E-state index is 0.164. The standard InChI is InChI=1S/C15H22FNO/c1-18-9-8-13(11-17-15-6-7-15)10-12-2-4-14(16)5-3-12/h2-5,13,15,17H,6-11H2,1H3. The van der Waals surface area contributed by atoms with Crippen molar-refractivity contribution in [1.82, 2.24) is 5.32 Å². The van der Waals surface area contributed by atoms with E-state index in [-0.39, 0.29) is 5.82 Å². The zero-order valence-electron chi connectivity index (χ0n) is 11.0. The highest BCUT2D eigenvalue weighted by Gasteiger charge is 2.21.